The van der Waals surface area contributed by atoms with Crippen LogP contribution in [0.5, 0.6) is 0 Å². The molecular formula is C19H20FN3O4S. The Kier molecular flexibility index (Phi) is 4.54. The van der Waals surface area contributed by atoms with Gasteiger partial charge in [-0.2, -0.15) is 4.31 Å². The van der Waals surface area contributed by atoms with Gasteiger partial charge in [0.05, 0.1) is 10.9 Å². The molecule has 0 saturated heterocycles. The molecule has 7 nitrogen and oxygen atoms in total. The van der Waals surface area contributed by atoms with Gasteiger partial charge in [-0.25, -0.2) is 9.18 Å². The van der Waals surface area contributed by atoms with Crippen LogP contribution in [0.15, 0.2) is 47.5 Å². The summed E-state index contributed by atoms with van der Waals surface area (Å²) in [6, 6.07) is 9.67. The summed E-state index contributed by atoms with van der Waals surface area (Å²) in [6.45, 7) is 2.12. The van der Waals surface area contributed by atoms with E-state index in [1.165, 1.54) is 16.4 Å². The molecule has 1 unspecified atom stereocenters. The highest BCUT2D eigenvalue weighted by atomic mass is 32.3. The average molecular weight is 405 g/mol. The highest BCUT2D eigenvalue weighted by Gasteiger charge is 2.40. The van der Waals surface area contributed by atoms with Gasteiger partial charge in [-0.05, 0) is 48.4 Å². The van der Waals surface area contributed by atoms with Crippen molar-refractivity contribution in [1.82, 2.24) is 14.6 Å². The number of fused-ring (bicyclic) bond motifs is 2. The van der Waals surface area contributed by atoms with Crippen molar-refractivity contribution < 1.29 is 23.4 Å². The van der Waals surface area contributed by atoms with Crippen molar-refractivity contribution >= 4 is 27.8 Å². The van der Waals surface area contributed by atoms with E-state index in [1.54, 1.807) is 18.3 Å². The molecule has 1 aliphatic rings. The Bertz CT molecular complexity index is 1070. The number of halogens is 1. The molecule has 5 N–H and O–H groups in total. The van der Waals surface area contributed by atoms with Crippen LogP contribution in [0, 0.1) is 5.82 Å². The number of rotatable bonds is 4. The fraction of sp³-hybridized carbons (Fsp3) is 0.211. The number of H-pyrrole nitrogens is 1. The van der Waals surface area contributed by atoms with Crippen molar-refractivity contribution in [1.29, 1.82) is 0 Å². The van der Waals surface area contributed by atoms with Gasteiger partial charge in [-0.3, -0.25) is 9.11 Å². The summed E-state index contributed by atoms with van der Waals surface area (Å²) in [6.07, 6.45) is 0.650. The molecule has 4 rings (SSSR count). The minimum absolute atomic E-state index is 0.0877. The van der Waals surface area contributed by atoms with Gasteiger partial charge in [0.1, 0.15) is 5.82 Å². The number of aromatic nitrogens is 1. The van der Waals surface area contributed by atoms with Crippen molar-refractivity contribution in [3.8, 4) is 11.1 Å². The first-order valence-electron chi connectivity index (χ1n) is 8.72. The van der Waals surface area contributed by atoms with E-state index in [4.69, 9.17) is 5.11 Å². The minimum atomic E-state index is -3.18. The molecule has 2 aromatic carbocycles. The van der Waals surface area contributed by atoms with Gasteiger partial charge in [0.25, 0.3) is 0 Å². The van der Waals surface area contributed by atoms with Crippen LogP contribution in [0.2, 0.25) is 0 Å². The predicted molar refractivity (Wildman–Crippen MR) is 106 cm³/mol. The third kappa shape index (κ3) is 3.02. The largest absolute Gasteiger partial charge is 0.465 e. The molecule has 148 valence electrons. The van der Waals surface area contributed by atoms with Crippen LogP contribution in [-0.2, 0) is 0 Å². The smallest absolute Gasteiger partial charge is 0.404 e. The molecule has 9 heteroatoms. The fourth-order valence-corrected chi connectivity index (χ4v) is 5.67. The zero-order valence-corrected chi connectivity index (χ0v) is 15.8. The Morgan fingerprint density at radius 3 is 2.82 bits per heavy atom. The second-order valence-electron chi connectivity index (χ2n) is 6.71. The molecule has 3 aromatic rings. The van der Waals surface area contributed by atoms with Crippen LogP contribution in [0.25, 0.3) is 22.0 Å². The lowest BCUT2D eigenvalue weighted by Crippen LogP contribution is -2.34. The first-order valence-corrected chi connectivity index (χ1v) is 10.2. The summed E-state index contributed by atoms with van der Waals surface area (Å²) >= 11 is 0. The number of carboxylic acid groups (broad SMARTS) is 1. The molecule has 0 spiro atoms. The Morgan fingerprint density at radius 2 is 2.07 bits per heavy atom. The molecule has 0 bridgehead atoms. The second kappa shape index (κ2) is 6.78. The number of benzene rings is 2. The lowest BCUT2D eigenvalue weighted by molar-refractivity contribution is 0.192. The highest BCUT2D eigenvalue weighted by Crippen LogP contribution is 2.63. The first-order chi connectivity index (χ1) is 13.3. The first kappa shape index (κ1) is 18.8. The summed E-state index contributed by atoms with van der Waals surface area (Å²) in [5, 5.41) is 11.9. The van der Waals surface area contributed by atoms with Crippen LogP contribution in [0.4, 0.5) is 9.18 Å². The van der Waals surface area contributed by atoms with E-state index in [1.807, 2.05) is 19.1 Å². The van der Waals surface area contributed by atoms with Crippen LogP contribution in [0.3, 0.4) is 0 Å². The van der Waals surface area contributed by atoms with Gasteiger partial charge in [0.2, 0.25) is 0 Å². The molecule has 1 amide bonds. The Morgan fingerprint density at radius 1 is 1.29 bits per heavy atom. The SMILES string of the molecule is CC1c2cc(-c3c[nH]c4cc(F)ccc34)ccc2S(O)(O)N1CCNC(=O)O. The van der Waals surface area contributed by atoms with Crippen LogP contribution in [-0.4, -0.2) is 42.7 Å². The molecule has 1 aliphatic heterocycles. The van der Waals surface area contributed by atoms with Gasteiger partial charge in [-0.1, -0.05) is 6.07 Å². The van der Waals surface area contributed by atoms with Gasteiger partial charge < -0.3 is 15.4 Å². The fourth-order valence-electron chi connectivity index (χ4n) is 3.73. The summed E-state index contributed by atoms with van der Waals surface area (Å²) in [5.41, 5.74) is 3.25. The Hall–Kier alpha value is -2.59. The normalized spacial score (nSPS) is 19.5. The molecule has 0 aliphatic carbocycles. The van der Waals surface area contributed by atoms with Crippen LogP contribution < -0.4 is 5.32 Å². The van der Waals surface area contributed by atoms with Crippen molar-refractivity contribution in [2.45, 2.75) is 17.9 Å². The molecule has 2 heterocycles. The lowest BCUT2D eigenvalue weighted by atomic mass is 9.99. The van der Waals surface area contributed by atoms with E-state index in [0.717, 1.165) is 22.1 Å². The monoisotopic (exact) mass is 405 g/mol. The van der Waals surface area contributed by atoms with Crippen molar-refractivity contribution in [3.05, 3.63) is 54.0 Å². The maximum absolute atomic E-state index is 13.4. The second-order valence-corrected chi connectivity index (χ2v) is 8.66. The lowest BCUT2D eigenvalue weighted by Gasteiger charge is -2.39. The maximum atomic E-state index is 13.4. The van der Waals surface area contributed by atoms with E-state index in [-0.39, 0.29) is 24.9 Å². The van der Waals surface area contributed by atoms with E-state index in [9.17, 15) is 18.3 Å². The topological polar surface area (TPSA) is 109 Å². The van der Waals surface area contributed by atoms with Crippen molar-refractivity contribution in [2.75, 3.05) is 13.1 Å². The van der Waals surface area contributed by atoms with Crippen molar-refractivity contribution in [2.24, 2.45) is 0 Å². The van der Waals surface area contributed by atoms with Crippen molar-refractivity contribution in [3.63, 3.8) is 0 Å². The van der Waals surface area contributed by atoms with Gasteiger partial charge in [-0.15, -0.1) is 10.8 Å². The average Bonchev–Trinajstić information content (AvgIpc) is 3.13. The van der Waals surface area contributed by atoms with Crippen LogP contribution >= 0.6 is 10.8 Å². The number of nitrogens with zero attached hydrogens (tertiary/aromatic N) is 1. The number of aromatic amines is 1. The van der Waals surface area contributed by atoms with Crippen LogP contribution in [0.1, 0.15) is 18.5 Å². The number of hydrogen-bond acceptors (Lipinski definition) is 4. The third-order valence-electron chi connectivity index (χ3n) is 5.08. The quantitative estimate of drug-likeness (QED) is 0.434. The highest BCUT2D eigenvalue weighted by molar-refractivity contribution is 8.22. The zero-order valence-electron chi connectivity index (χ0n) is 15.0. The summed E-state index contributed by atoms with van der Waals surface area (Å²) in [5.74, 6) is -0.317. The van der Waals surface area contributed by atoms with Gasteiger partial charge in [0, 0.05) is 35.8 Å². The number of nitrogens with one attached hydrogen (secondary N) is 2. The molecule has 1 atom stereocenters. The van der Waals surface area contributed by atoms with E-state index >= 15 is 0 Å². The standard InChI is InChI=1S/C19H20FN3O4S/c1-11-15-8-12(16-10-22-17-9-13(20)3-4-14(16)17)2-5-18(15)28(26,27)23(11)7-6-21-19(24)25/h2-5,8-11,21-22,26-27H,6-7H2,1H3,(H,24,25). The molecule has 0 fully saturated rings. The number of amides is 1. The van der Waals surface area contributed by atoms with E-state index < -0.39 is 16.9 Å². The summed E-state index contributed by atoms with van der Waals surface area (Å²) in [7, 11) is -3.18. The number of hydrogen-bond donors (Lipinski definition) is 5. The van der Waals surface area contributed by atoms with Gasteiger partial charge >= 0.3 is 6.09 Å². The maximum Gasteiger partial charge on any atom is 0.404 e. The summed E-state index contributed by atoms with van der Waals surface area (Å²) < 4.78 is 36.4. The molecular weight excluding hydrogens is 385 g/mol. The zero-order chi connectivity index (χ0) is 20.1. The third-order valence-corrected chi connectivity index (χ3v) is 7.19. The molecule has 1 aromatic heterocycles. The number of carbonyl (C=O) groups is 1. The predicted octanol–water partition coefficient (Wildman–Crippen LogP) is 4.64. The summed E-state index contributed by atoms with van der Waals surface area (Å²) in [4.78, 5) is 14.2. The molecule has 0 saturated carbocycles. The molecule has 28 heavy (non-hydrogen) atoms. The Balaban J connectivity index is 1.69. The Labute approximate surface area is 162 Å². The van der Waals surface area contributed by atoms with E-state index in [0.29, 0.717) is 10.4 Å². The van der Waals surface area contributed by atoms with Gasteiger partial charge in [0.15, 0.2) is 0 Å². The minimum Gasteiger partial charge on any atom is -0.465 e. The molecule has 0 radical (unpaired) electrons. The van der Waals surface area contributed by atoms with E-state index in [2.05, 4.69) is 10.3 Å².